The number of benzene rings is 1. The maximum atomic E-state index is 11.5. The number of carbonyl (C=O) groups is 2. The third kappa shape index (κ3) is 2.50. The van der Waals surface area contributed by atoms with Crippen molar-refractivity contribution in [3.8, 4) is 0 Å². The SMILES string of the molecule is O=C(CN1CCOC1=O)Nc1cc[c]cc1. The summed E-state index contributed by atoms with van der Waals surface area (Å²) in [5.41, 5.74) is 0.691. The highest BCUT2D eigenvalue weighted by molar-refractivity contribution is 5.93. The highest BCUT2D eigenvalue weighted by Crippen LogP contribution is 2.06. The molecule has 5 heteroatoms. The van der Waals surface area contributed by atoms with Crippen LogP contribution in [0.4, 0.5) is 10.5 Å². The number of rotatable bonds is 3. The third-order valence-electron chi connectivity index (χ3n) is 2.18. The van der Waals surface area contributed by atoms with Crippen LogP contribution in [0.1, 0.15) is 0 Å². The molecule has 1 aliphatic rings. The lowest BCUT2D eigenvalue weighted by atomic mass is 10.3. The molecule has 1 heterocycles. The van der Waals surface area contributed by atoms with Crippen LogP contribution in [0.2, 0.25) is 0 Å². The van der Waals surface area contributed by atoms with E-state index >= 15 is 0 Å². The molecule has 0 unspecified atom stereocenters. The summed E-state index contributed by atoms with van der Waals surface area (Å²) in [5.74, 6) is -0.231. The third-order valence-corrected chi connectivity index (χ3v) is 2.18. The number of amides is 2. The van der Waals surface area contributed by atoms with E-state index < -0.39 is 6.09 Å². The Hall–Kier alpha value is -2.04. The second kappa shape index (κ2) is 4.65. The minimum Gasteiger partial charge on any atom is -0.448 e. The van der Waals surface area contributed by atoms with Crippen LogP contribution in [0, 0.1) is 6.07 Å². The first-order valence-electron chi connectivity index (χ1n) is 4.93. The van der Waals surface area contributed by atoms with E-state index in [4.69, 9.17) is 4.74 Å². The van der Waals surface area contributed by atoms with Crippen molar-refractivity contribution in [2.75, 3.05) is 25.0 Å². The molecule has 5 nitrogen and oxygen atoms in total. The van der Waals surface area contributed by atoms with Gasteiger partial charge in [0.15, 0.2) is 0 Å². The first kappa shape index (κ1) is 10.5. The summed E-state index contributed by atoms with van der Waals surface area (Å²) in [4.78, 5) is 24.0. The second-order valence-corrected chi connectivity index (χ2v) is 3.37. The highest BCUT2D eigenvalue weighted by atomic mass is 16.6. The van der Waals surface area contributed by atoms with Gasteiger partial charge in [0.1, 0.15) is 13.2 Å². The quantitative estimate of drug-likeness (QED) is 0.820. The predicted octanol–water partition coefficient (Wildman–Crippen LogP) is 0.877. The van der Waals surface area contributed by atoms with Crippen LogP contribution in [0.5, 0.6) is 0 Å². The van der Waals surface area contributed by atoms with E-state index in [-0.39, 0.29) is 12.5 Å². The molecule has 0 saturated carbocycles. The van der Waals surface area contributed by atoms with Gasteiger partial charge in [0.25, 0.3) is 0 Å². The molecule has 2 rings (SSSR count). The Kier molecular flexibility index (Phi) is 3.05. The molecule has 0 atom stereocenters. The van der Waals surface area contributed by atoms with Gasteiger partial charge in [-0.15, -0.1) is 0 Å². The van der Waals surface area contributed by atoms with Gasteiger partial charge in [-0.2, -0.15) is 0 Å². The van der Waals surface area contributed by atoms with Gasteiger partial charge in [-0.05, 0) is 18.2 Å². The number of hydrogen-bond donors (Lipinski definition) is 1. The Balaban J connectivity index is 1.87. The molecule has 1 aromatic carbocycles. The van der Waals surface area contributed by atoms with Crippen LogP contribution in [-0.4, -0.2) is 36.6 Å². The number of cyclic esters (lactones) is 1. The highest BCUT2D eigenvalue weighted by Gasteiger charge is 2.23. The summed E-state index contributed by atoms with van der Waals surface area (Å²) in [6, 6.07) is 9.74. The molecule has 16 heavy (non-hydrogen) atoms. The molecule has 1 fully saturated rings. The van der Waals surface area contributed by atoms with Crippen LogP contribution in [-0.2, 0) is 9.53 Å². The van der Waals surface area contributed by atoms with E-state index in [1.165, 1.54) is 4.90 Å². The summed E-state index contributed by atoms with van der Waals surface area (Å²) in [6.45, 7) is 0.846. The Bertz CT molecular complexity index is 391. The molecule has 83 valence electrons. The number of anilines is 1. The van der Waals surface area contributed by atoms with Crippen molar-refractivity contribution in [2.24, 2.45) is 0 Å². The lowest BCUT2D eigenvalue weighted by Gasteiger charge is -2.12. The normalized spacial score (nSPS) is 14.8. The summed E-state index contributed by atoms with van der Waals surface area (Å²) < 4.78 is 4.72. The topological polar surface area (TPSA) is 58.6 Å². The number of carbonyl (C=O) groups excluding carboxylic acids is 2. The van der Waals surface area contributed by atoms with Crippen molar-refractivity contribution in [1.82, 2.24) is 4.90 Å². The van der Waals surface area contributed by atoms with Crippen LogP contribution in [0.15, 0.2) is 24.3 Å². The van der Waals surface area contributed by atoms with E-state index in [2.05, 4.69) is 11.4 Å². The Labute approximate surface area is 93.0 Å². The smallest absolute Gasteiger partial charge is 0.410 e. The van der Waals surface area contributed by atoms with Crippen molar-refractivity contribution < 1.29 is 14.3 Å². The molecule has 0 bridgehead atoms. The zero-order valence-corrected chi connectivity index (χ0v) is 8.60. The van der Waals surface area contributed by atoms with E-state index in [0.29, 0.717) is 18.8 Å². The molecule has 1 aliphatic heterocycles. The first-order valence-corrected chi connectivity index (χ1v) is 4.93. The molecule has 0 aliphatic carbocycles. The van der Waals surface area contributed by atoms with Gasteiger partial charge < -0.3 is 10.1 Å². The van der Waals surface area contributed by atoms with Crippen LogP contribution in [0.25, 0.3) is 0 Å². The minimum atomic E-state index is -0.434. The van der Waals surface area contributed by atoms with Gasteiger partial charge in [0, 0.05) is 5.69 Å². The van der Waals surface area contributed by atoms with Crippen molar-refractivity contribution in [3.05, 3.63) is 30.3 Å². The molecule has 1 N–H and O–H groups in total. The zero-order chi connectivity index (χ0) is 11.4. The summed E-state index contributed by atoms with van der Waals surface area (Å²) in [5, 5.41) is 2.68. The van der Waals surface area contributed by atoms with E-state index in [1.54, 1.807) is 24.3 Å². The van der Waals surface area contributed by atoms with Gasteiger partial charge in [0.05, 0.1) is 6.54 Å². The lowest BCUT2D eigenvalue weighted by molar-refractivity contribution is -0.116. The standard InChI is InChI=1S/C11H11N2O3/c14-10(8-13-6-7-16-11(13)15)12-9-4-2-1-3-5-9/h2-5H,6-8H2,(H,12,14). The monoisotopic (exact) mass is 219 g/mol. The average molecular weight is 219 g/mol. The van der Waals surface area contributed by atoms with Crippen molar-refractivity contribution in [2.45, 2.75) is 0 Å². The molecular formula is C11H11N2O3. The van der Waals surface area contributed by atoms with Crippen molar-refractivity contribution >= 4 is 17.7 Å². The van der Waals surface area contributed by atoms with Crippen molar-refractivity contribution in [3.63, 3.8) is 0 Å². The Morgan fingerprint density at radius 3 is 2.88 bits per heavy atom. The van der Waals surface area contributed by atoms with Gasteiger partial charge in [-0.1, -0.05) is 12.1 Å². The summed E-state index contributed by atoms with van der Waals surface area (Å²) in [6.07, 6.45) is -0.434. The fourth-order valence-electron chi connectivity index (χ4n) is 1.41. The van der Waals surface area contributed by atoms with E-state index in [0.717, 1.165) is 0 Å². The average Bonchev–Trinajstić information content (AvgIpc) is 2.66. The Morgan fingerprint density at radius 1 is 1.50 bits per heavy atom. The summed E-state index contributed by atoms with van der Waals surface area (Å²) in [7, 11) is 0. The zero-order valence-electron chi connectivity index (χ0n) is 8.60. The lowest BCUT2D eigenvalue weighted by Crippen LogP contribution is -2.33. The van der Waals surface area contributed by atoms with Crippen LogP contribution < -0.4 is 5.32 Å². The molecule has 0 spiro atoms. The number of nitrogens with zero attached hydrogens (tertiary/aromatic N) is 1. The first-order chi connectivity index (χ1) is 7.75. The largest absolute Gasteiger partial charge is 0.448 e. The Morgan fingerprint density at radius 2 is 2.25 bits per heavy atom. The fourth-order valence-corrected chi connectivity index (χ4v) is 1.41. The van der Waals surface area contributed by atoms with Crippen LogP contribution >= 0.6 is 0 Å². The summed E-state index contributed by atoms with van der Waals surface area (Å²) >= 11 is 0. The minimum absolute atomic E-state index is 0.0252. The molecule has 1 aromatic rings. The number of nitrogens with one attached hydrogen (secondary N) is 1. The van der Waals surface area contributed by atoms with Crippen molar-refractivity contribution in [1.29, 1.82) is 0 Å². The molecule has 2 amide bonds. The van der Waals surface area contributed by atoms with Gasteiger partial charge in [-0.3, -0.25) is 9.69 Å². The van der Waals surface area contributed by atoms with Crippen LogP contribution in [0.3, 0.4) is 0 Å². The number of ether oxygens (including phenoxy) is 1. The fraction of sp³-hybridized carbons (Fsp3) is 0.273. The number of hydrogen-bond acceptors (Lipinski definition) is 3. The van der Waals surface area contributed by atoms with Gasteiger partial charge >= 0.3 is 6.09 Å². The molecule has 1 radical (unpaired) electrons. The molecular weight excluding hydrogens is 208 g/mol. The maximum absolute atomic E-state index is 11.5. The van der Waals surface area contributed by atoms with Gasteiger partial charge in [-0.25, -0.2) is 4.79 Å². The van der Waals surface area contributed by atoms with Gasteiger partial charge in [0.2, 0.25) is 5.91 Å². The molecule has 0 aromatic heterocycles. The second-order valence-electron chi connectivity index (χ2n) is 3.37. The predicted molar refractivity (Wildman–Crippen MR) is 56.8 cm³/mol. The molecule has 1 saturated heterocycles. The van der Waals surface area contributed by atoms with E-state index in [9.17, 15) is 9.59 Å². The van der Waals surface area contributed by atoms with E-state index in [1.807, 2.05) is 0 Å². The maximum Gasteiger partial charge on any atom is 0.410 e.